The smallest absolute Gasteiger partial charge is 0.261 e. The lowest BCUT2D eigenvalue weighted by Gasteiger charge is -2.25. The Morgan fingerprint density at radius 1 is 1.17 bits per heavy atom. The number of fused-ring (bicyclic) bond motifs is 1. The lowest BCUT2D eigenvalue weighted by atomic mass is 10.2. The van der Waals surface area contributed by atoms with Crippen LogP contribution in [0.1, 0.15) is 36.1 Å². The maximum atomic E-state index is 13.0. The second-order valence-electron chi connectivity index (χ2n) is 7.87. The van der Waals surface area contributed by atoms with Gasteiger partial charge in [-0.1, -0.05) is 6.07 Å². The molecule has 8 heteroatoms. The van der Waals surface area contributed by atoms with Crippen molar-refractivity contribution < 1.29 is 14.3 Å². The molecule has 2 aliphatic rings. The summed E-state index contributed by atoms with van der Waals surface area (Å²) in [5.74, 6) is 3.13. The van der Waals surface area contributed by atoms with Gasteiger partial charge >= 0.3 is 0 Å². The number of aryl methyl sites for hydroxylation is 1. The predicted octanol–water partition coefficient (Wildman–Crippen LogP) is 1.83. The van der Waals surface area contributed by atoms with Gasteiger partial charge in [-0.25, -0.2) is 0 Å². The van der Waals surface area contributed by atoms with E-state index in [0.717, 1.165) is 62.7 Å². The standard InChI is InChI=1S/C21H29N5O3/c1-15-6-7-17(18(13-15)28-3)29-14-20(27)25-9-4-5-16(25)21-23-22-19-8-10-24(2)11-12-26(19)21/h6-7,13,16H,4-5,8-12,14H2,1-3H3/t16-/m1/s1. The zero-order chi connectivity index (χ0) is 20.4. The monoisotopic (exact) mass is 399 g/mol. The Morgan fingerprint density at radius 3 is 2.86 bits per heavy atom. The van der Waals surface area contributed by atoms with Crippen LogP contribution in [0.25, 0.3) is 0 Å². The highest BCUT2D eigenvalue weighted by molar-refractivity contribution is 5.78. The first-order valence-electron chi connectivity index (χ1n) is 10.2. The van der Waals surface area contributed by atoms with Gasteiger partial charge in [0.25, 0.3) is 5.91 Å². The molecule has 1 amide bonds. The van der Waals surface area contributed by atoms with Gasteiger partial charge in [-0.2, -0.15) is 0 Å². The quantitative estimate of drug-likeness (QED) is 0.764. The van der Waals surface area contributed by atoms with Crippen molar-refractivity contribution in [3.8, 4) is 11.5 Å². The van der Waals surface area contributed by atoms with Gasteiger partial charge in [-0.3, -0.25) is 4.79 Å². The van der Waals surface area contributed by atoms with Crippen LogP contribution in [0.4, 0.5) is 0 Å². The van der Waals surface area contributed by atoms with Crippen LogP contribution in [0.3, 0.4) is 0 Å². The Bertz CT molecular complexity index is 881. The summed E-state index contributed by atoms with van der Waals surface area (Å²) in [6.07, 6.45) is 2.76. The number of ether oxygens (including phenoxy) is 2. The first-order chi connectivity index (χ1) is 14.1. The molecule has 3 heterocycles. The van der Waals surface area contributed by atoms with Gasteiger partial charge in [0, 0.05) is 32.6 Å². The molecule has 29 heavy (non-hydrogen) atoms. The molecular formula is C21H29N5O3. The molecule has 0 bridgehead atoms. The third-order valence-electron chi connectivity index (χ3n) is 5.82. The van der Waals surface area contributed by atoms with Crippen LogP contribution < -0.4 is 9.47 Å². The molecule has 0 radical (unpaired) electrons. The van der Waals surface area contributed by atoms with Gasteiger partial charge in [-0.15, -0.1) is 10.2 Å². The van der Waals surface area contributed by atoms with Crippen LogP contribution in [-0.2, 0) is 17.8 Å². The fourth-order valence-electron chi connectivity index (χ4n) is 4.15. The van der Waals surface area contributed by atoms with E-state index in [1.165, 1.54) is 0 Å². The van der Waals surface area contributed by atoms with Crippen molar-refractivity contribution >= 4 is 5.91 Å². The van der Waals surface area contributed by atoms with Crippen molar-refractivity contribution in [3.05, 3.63) is 35.4 Å². The molecule has 1 aromatic heterocycles. The van der Waals surface area contributed by atoms with Crippen LogP contribution in [-0.4, -0.2) is 70.9 Å². The van der Waals surface area contributed by atoms with Crippen molar-refractivity contribution in [2.45, 2.75) is 38.8 Å². The number of likely N-dealkylation sites (tertiary alicyclic amines) is 1. The highest BCUT2D eigenvalue weighted by Crippen LogP contribution is 2.32. The second kappa shape index (κ2) is 8.41. The van der Waals surface area contributed by atoms with E-state index in [9.17, 15) is 4.79 Å². The van der Waals surface area contributed by atoms with Crippen molar-refractivity contribution in [3.63, 3.8) is 0 Å². The van der Waals surface area contributed by atoms with E-state index in [1.54, 1.807) is 7.11 Å². The second-order valence-corrected chi connectivity index (χ2v) is 7.87. The minimum Gasteiger partial charge on any atom is -0.493 e. The number of carbonyl (C=O) groups excluding carboxylic acids is 1. The lowest BCUT2D eigenvalue weighted by Crippen LogP contribution is -2.36. The Balaban J connectivity index is 1.47. The van der Waals surface area contributed by atoms with Gasteiger partial charge in [0.05, 0.1) is 13.2 Å². The van der Waals surface area contributed by atoms with Gasteiger partial charge in [0.1, 0.15) is 5.82 Å². The number of rotatable bonds is 5. The zero-order valence-electron chi connectivity index (χ0n) is 17.4. The fourth-order valence-corrected chi connectivity index (χ4v) is 4.15. The average Bonchev–Trinajstić information content (AvgIpc) is 3.31. The van der Waals surface area contributed by atoms with Crippen molar-refractivity contribution in [2.75, 3.05) is 40.4 Å². The van der Waals surface area contributed by atoms with Crippen LogP contribution in [0.5, 0.6) is 11.5 Å². The minimum absolute atomic E-state index is 0.0142. The van der Waals surface area contributed by atoms with Crippen LogP contribution in [0.15, 0.2) is 18.2 Å². The van der Waals surface area contributed by atoms with Crippen molar-refractivity contribution in [2.24, 2.45) is 0 Å². The highest BCUT2D eigenvalue weighted by Gasteiger charge is 2.34. The summed E-state index contributed by atoms with van der Waals surface area (Å²) in [5.41, 5.74) is 1.08. The van der Waals surface area contributed by atoms with Crippen molar-refractivity contribution in [1.29, 1.82) is 0 Å². The molecular weight excluding hydrogens is 370 g/mol. The van der Waals surface area contributed by atoms with Gasteiger partial charge in [-0.05, 0) is 44.5 Å². The van der Waals surface area contributed by atoms with E-state index in [-0.39, 0.29) is 18.6 Å². The number of benzene rings is 1. The third kappa shape index (κ3) is 4.07. The first kappa shape index (κ1) is 19.7. The Hall–Kier alpha value is -2.61. The molecule has 156 valence electrons. The summed E-state index contributed by atoms with van der Waals surface area (Å²) in [7, 11) is 3.73. The summed E-state index contributed by atoms with van der Waals surface area (Å²) in [6.45, 7) is 5.52. The largest absolute Gasteiger partial charge is 0.493 e. The van der Waals surface area contributed by atoms with Gasteiger partial charge < -0.3 is 23.8 Å². The molecule has 0 N–H and O–H groups in total. The SMILES string of the molecule is COc1cc(C)ccc1OCC(=O)N1CCC[C@@H]1c1nnc2n1CCN(C)CC2. The van der Waals surface area contributed by atoms with E-state index in [0.29, 0.717) is 11.5 Å². The number of aromatic nitrogens is 3. The summed E-state index contributed by atoms with van der Waals surface area (Å²) in [6, 6.07) is 5.66. The topological polar surface area (TPSA) is 72.7 Å². The number of carbonyl (C=O) groups is 1. The molecule has 2 aliphatic heterocycles. The highest BCUT2D eigenvalue weighted by atomic mass is 16.5. The van der Waals surface area contributed by atoms with Crippen LogP contribution >= 0.6 is 0 Å². The molecule has 2 aromatic rings. The van der Waals surface area contributed by atoms with Gasteiger partial charge in [0.15, 0.2) is 23.9 Å². The van der Waals surface area contributed by atoms with E-state index in [2.05, 4.69) is 26.7 Å². The van der Waals surface area contributed by atoms with Crippen LogP contribution in [0.2, 0.25) is 0 Å². The molecule has 8 nitrogen and oxygen atoms in total. The molecule has 1 aromatic carbocycles. The Kier molecular flexibility index (Phi) is 5.71. The Morgan fingerprint density at radius 2 is 2.03 bits per heavy atom. The summed E-state index contributed by atoms with van der Waals surface area (Å²) in [5, 5.41) is 8.89. The molecule has 0 aliphatic carbocycles. The number of nitrogens with zero attached hydrogens (tertiary/aromatic N) is 5. The van der Waals surface area contributed by atoms with E-state index >= 15 is 0 Å². The molecule has 4 rings (SSSR count). The summed E-state index contributed by atoms with van der Waals surface area (Å²) in [4.78, 5) is 17.2. The minimum atomic E-state index is -0.0318. The zero-order valence-corrected chi connectivity index (χ0v) is 17.4. The number of likely N-dealkylation sites (N-methyl/N-ethyl adjacent to an activating group) is 1. The summed E-state index contributed by atoms with van der Waals surface area (Å²) >= 11 is 0. The van der Waals surface area contributed by atoms with Gasteiger partial charge in [0.2, 0.25) is 0 Å². The average molecular weight is 399 g/mol. The molecule has 0 saturated carbocycles. The lowest BCUT2D eigenvalue weighted by molar-refractivity contribution is -0.134. The number of hydrogen-bond donors (Lipinski definition) is 0. The summed E-state index contributed by atoms with van der Waals surface area (Å²) < 4.78 is 13.4. The van der Waals surface area contributed by atoms with E-state index in [4.69, 9.17) is 9.47 Å². The molecule has 1 fully saturated rings. The number of hydrogen-bond acceptors (Lipinski definition) is 6. The number of methoxy groups -OCH3 is 1. The third-order valence-corrected chi connectivity index (χ3v) is 5.82. The molecule has 1 atom stereocenters. The molecule has 0 spiro atoms. The number of amides is 1. The molecule has 0 unspecified atom stereocenters. The maximum Gasteiger partial charge on any atom is 0.261 e. The maximum absolute atomic E-state index is 13.0. The fraction of sp³-hybridized carbons (Fsp3) is 0.571. The normalized spacial score (nSPS) is 19.7. The van der Waals surface area contributed by atoms with E-state index in [1.807, 2.05) is 30.0 Å². The van der Waals surface area contributed by atoms with Crippen LogP contribution in [0, 0.1) is 6.92 Å². The molecule has 1 saturated heterocycles. The first-order valence-corrected chi connectivity index (χ1v) is 10.2. The van der Waals surface area contributed by atoms with E-state index < -0.39 is 0 Å². The van der Waals surface area contributed by atoms with Crippen molar-refractivity contribution in [1.82, 2.24) is 24.6 Å². The predicted molar refractivity (Wildman–Crippen MR) is 108 cm³/mol. The Labute approximate surface area is 171 Å².